The minimum atomic E-state index is 0.950. The van der Waals surface area contributed by atoms with Crippen LogP contribution in [-0.2, 0) is 0 Å². The van der Waals surface area contributed by atoms with Gasteiger partial charge in [-0.05, 0) is 43.9 Å². The smallest absolute Gasteiger partial charge is 0.00660 e. The van der Waals surface area contributed by atoms with E-state index in [1.165, 1.54) is 70.6 Å². The summed E-state index contributed by atoms with van der Waals surface area (Å²) >= 11 is 3.58. The lowest BCUT2D eigenvalue weighted by Gasteiger charge is -2.32. The van der Waals surface area contributed by atoms with Gasteiger partial charge < -0.3 is 0 Å². The lowest BCUT2D eigenvalue weighted by atomic mass is 9.73. The van der Waals surface area contributed by atoms with Crippen molar-refractivity contribution in [2.75, 3.05) is 5.33 Å². The highest BCUT2D eigenvalue weighted by Crippen LogP contribution is 2.39. The lowest BCUT2D eigenvalue weighted by molar-refractivity contribution is 0.325. The Kier molecular flexibility index (Phi) is 6.11. The van der Waals surface area contributed by atoms with E-state index in [4.69, 9.17) is 0 Å². The highest BCUT2D eigenvalue weighted by atomic mass is 79.9. The van der Waals surface area contributed by atoms with E-state index in [2.05, 4.69) is 22.0 Å². The number of halogens is 1. The Labute approximate surface area is 115 Å². The van der Waals surface area contributed by atoms with E-state index in [0.717, 1.165) is 17.2 Å². The lowest BCUT2D eigenvalue weighted by Crippen LogP contribution is -2.18. The molecule has 0 saturated heterocycles. The van der Waals surface area contributed by atoms with Gasteiger partial charge in [0, 0.05) is 5.33 Å². The van der Waals surface area contributed by atoms with Crippen molar-refractivity contribution < 1.29 is 0 Å². The topological polar surface area (TPSA) is 0 Å². The van der Waals surface area contributed by atoms with Crippen LogP contribution in [-0.4, -0.2) is 5.33 Å². The highest BCUT2D eigenvalue weighted by molar-refractivity contribution is 9.09. The van der Waals surface area contributed by atoms with E-state index in [1.54, 1.807) is 0 Å². The first-order chi connectivity index (χ1) is 8.42. The van der Waals surface area contributed by atoms with Crippen molar-refractivity contribution in [3.63, 3.8) is 0 Å². The van der Waals surface area contributed by atoms with Crippen LogP contribution in [0.2, 0.25) is 0 Å². The number of rotatable bonds is 4. The molecular formula is C16H27Br. The molecule has 17 heavy (non-hydrogen) atoms. The van der Waals surface area contributed by atoms with Crippen LogP contribution in [0.4, 0.5) is 0 Å². The normalized spacial score (nSPS) is 23.6. The van der Waals surface area contributed by atoms with Crippen LogP contribution in [0.1, 0.15) is 70.6 Å². The molecule has 0 aliphatic heterocycles. The summed E-state index contributed by atoms with van der Waals surface area (Å²) < 4.78 is 0. The third-order valence-electron chi connectivity index (χ3n) is 4.64. The van der Waals surface area contributed by atoms with Gasteiger partial charge in [0.1, 0.15) is 0 Å². The molecule has 0 aromatic carbocycles. The van der Waals surface area contributed by atoms with Crippen molar-refractivity contribution in [3.05, 3.63) is 11.6 Å². The van der Waals surface area contributed by atoms with Crippen molar-refractivity contribution in [1.82, 2.24) is 0 Å². The van der Waals surface area contributed by atoms with Gasteiger partial charge in [-0.3, -0.25) is 0 Å². The molecule has 0 spiro atoms. The fraction of sp³-hybridized carbons (Fsp3) is 0.875. The monoisotopic (exact) mass is 298 g/mol. The molecule has 2 aliphatic rings. The largest absolute Gasteiger partial charge is 0.0925 e. The Bertz CT molecular complexity index is 212. The Morgan fingerprint density at radius 3 is 1.71 bits per heavy atom. The molecule has 0 N–H and O–H groups in total. The van der Waals surface area contributed by atoms with Gasteiger partial charge in [0.05, 0.1) is 0 Å². The maximum absolute atomic E-state index is 3.58. The minimum Gasteiger partial charge on any atom is -0.0925 e. The van der Waals surface area contributed by atoms with Crippen molar-refractivity contribution in [2.45, 2.75) is 70.6 Å². The van der Waals surface area contributed by atoms with Gasteiger partial charge in [0.2, 0.25) is 0 Å². The third kappa shape index (κ3) is 4.12. The summed E-state index contributed by atoms with van der Waals surface area (Å²) in [5.74, 6) is 1.90. The zero-order valence-corrected chi connectivity index (χ0v) is 12.7. The van der Waals surface area contributed by atoms with Crippen molar-refractivity contribution in [1.29, 1.82) is 0 Å². The summed E-state index contributed by atoms with van der Waals surface area (Å²) in [4.78, 5) is 0. The quantitative estimate of drug-likeness (QED) is 0.450. The molecule has 0 aromatic heterocycles. The number of hydrogen-bond acceptors (Lipinski definition) is 0. The molecular weight excluding hydrogens is 272 g/mol. The first-order valence-corrected chi connectivity index (χ1v) is 8.80. The molecule has 2 aliphatic carbocycles. The molecule has 0 nitrogen and oxygen atoms in total. The molecule has 2 rings (SSSR count). The first kappa shape index (κ1) is 13.6. The van der Waals surface area contributed by atoms with Crippen LogP contribution in [0.3, 0.4) is 0 Å². The van der Waals surface area contributed by atoms with Crippen LogP contribution >= 0.6 is 15.9 Å². The summed E-state index contributed by atoms with van der Waals surface area (Å²) in [5.41, 5.74) is 1.86. The van der Waals surface area contributed by atoms with Gasteiger partial charge in [-0.25, -0.2) is 0 Å². The maximum Gasteiger partial charge on any atom is 0.00660 e. The fourth-order valence-corrected chi connectivity index (χ4v) is 3.99. The van der Waals surface area contributed by atoms with Gasteiger partial charge in [-0.15, -0.1) is 0 Å². The standard InChI is InChI=1S/C16H27Br/c17-13-7-12-16(14-8-3-1-4-9-14)15-10-5-2-6-11-15/h12,14-15H,1-11,13H2. The van der Waals surface area contributed by atoms with Crippen LogP contribution in [0.15, 0.2) is 11.6 Å². The van der Waals surface area contributed by atoms with Crippen molar-refractivity contribution in [2.24, 2.45) is 11.8 Å². The second-order valence-electron chi connectivity index (χ2n) is 5.85. The second-order valence-corrected chi connectivity index (χ2v) is 6.64. The van der Waals surface area contributed by atoms with Gasteiger partial charge in [-0.2, -0.15) is 0 Å². The average Bonchev–Trinajstić information content (AvgIpc) is 2.42. The van der Waals surface area contributed by atoms with E-state index in [0.29, 0.717) is 0 Å². The zero-order valence-electron chi connectivity index (χ0n) is 11.1. The Hall–Kier alpha value is 0.220. The van der Waals surface area contributed by atoms with Crippen LogP contribution in [0.5, 0.6) is 0 Å². The predicted octanol–water partition coefficient (Wildman–Crippen LogP) is 5.86. The zero-order chi connectivity index (χ0) is 11.9. The van der Waals surface area contributed by atoms with Gasteiger partial charge >= 0.3 is 0 Å². The molecule has 0 radical (unpaired) electrons. The van der Waals surface area contributed by atoms with E-state index >= 15 is 0 Å². The first-order valence-electron chi connectivity index (χ1n) is 7.67. The SMILES string of the molecule is BrCCC=C(C1CCCCC1)C1CCCCC1. The van der Waals surface area contributed by atoms with E-state index in [-0.39, 0.29) is 0 Å². The molecule has 0 aromatic rings. The number of hydrogen-bond donors (Lipinski definition) is 0. The number of allylic oxidation sites excluding steroid dienone is 2. The second kappa shape index (κ2) is 7.61. The van der Waals surface area contributed by atoms with Crippen molar-refractivity contribution >= 4 is 15.9 Å². The van der Waals surface area contributed by atoms with Gasteiger partial charge in [-0.1, -0.05) is 66.1 Å². The molecule has 0 amide bonds. The Balaban J connectivity index is 2.00. The van der Waals surface area contributed by atoms with Crippen LogP contribution < -0.4 is 0 Å². The third-order valence-corrected chi connectivity index (χ3v) is 5.10. The Morgan fingerprint density at radius 1 is 0.824 bits per heavy atom. The molecule has 0 unspecified atom stereocenters. The molecule has 0 heterocycles. The summed E-state index contributed by atoms with van der Waals surface area (Å²) in [6.45, 7) is 0. The Morgan fingerprint density at radius 2 is 1.29 bits per heavy atom. The minimum absolute atomic E-state index is 0.950. The molecule has 2 fully saturated rings. The number of alkyl halides is 1. The summed E-state index contributed by atoms with van der Waals surface area (Å²) in [5, 5.41) is 1.13. The van der Waals surface area contributed by atoms with Crippen LogP contribution in [0.25, 0.3) is 0 Å². The van der Waals surface area contributed by atoms with E-state index in [9.17, 15) is 0 Å². The molecule has 0 bridgehead atoms. The summed E-state index contributed by atoms with van der Waals surface area (Å²) in [6, 6.07) is 0. The predicted molar refractivity (Wildman–Crippen MR) is 79.6 cm³/mol. The molecule has 1 heteroatoms. The highest BCUT2D eigenvalue weighted by Gasteiger charge is 2.25. The van der Waals surface area contributed by atoms with E-state index < -0.39 is 0 Å². The van der Waals surface area contributed by atoms with Gasteiger partial charge in [0.15, 0.2) is 0 Å². The van der Waals surface area contributed by atoms with E-state index in [1.807, 2.05) is 5.57 Å². The average molecular weight is 299 g/mol. The summed E-state index contributed by atoms with van der Waals surface area (Å²) in [6.07, 6.45) is 18.6. The summed E-state index contributed by atoms with van der Waals surface area (Å²) in [7, 11) is 0. The molecule has 2 saturated carbocycles. The van der Waals surface area contributed by atoms with Gasteiger partial charge in [0.25, 0.3) is 0 Å². The fourth-order valence-electron chi connectivity index (χ4n) is 3.76. The van der Waals surface area contributed by atoms with Crippen LogP contribution in [0, 0.1) is 11.8 Å². The van der Waals surface area contributed by atoms with Crippen molar-refractivity contribution in [3.8, 4) is 0 Å². The molecule has 98 valence electrons. The molecule has 0 atom stereocenters. The maximum atomic E-state index is 3.58.